The Morgan fingerprint density at radius 3 is 2.60 bits per heavy atom. The number of hydrogen-bond acceptors (Lipinski definition) is 6. The van der Waals surface area contributed by atoms with E-state index < -0.39 is 32.7 Å². The third-order valence-electron chi connectivity index (χ3n) is 4.17. The maximum absolute atomic E-state index is 12.8. The number of carbonyl (C=O) groups is 2. The molecule has 2 aromatic rings. The van der Waals surface area contributed by atoms with Crippen molar-refractivity contribution in [1.29, 1.82) is 0 Å². The summed E-state index contributed by atoms with van der Waals surface area (Å²) in [5, 5.41) is 2.33. The highest BCUT2D eigenvalue weighted by Crippen LogP contribution is 2.36. The molecule has 0 radical (unpaired) electrons. The number of nitrogens with zero attached hydrogens (tertiary/aromatic N) is 1. The molecule has 0 saturated carbocycles. The zero-order chi connectivity index (χ0) is 22.1. The van der Waals surface area contributed by atoms with Crippen LogP contribution in [0.3, 0.4) is 0 Å². The highest BCUT2D eigenvalue weighted by atomic mass is 32.2. The van der Waals surface area contributed by atoms with Gasteiger partial charge in [-0.3, -0.25) is 9.59 Å². The molecule has 0 saturated heterocycles. The minimum Gasteiger partial charge on any atom is -0.495 e. The number of alkyl halides is 3. The Hall–Kier alpha value is -2.73. The number of halogens is 3. The van der Waals surface area contributed by atoms with Crippen LogP contribution in [0.4, 0.5) is 24.5 Å². The van der Waals surface area contributed by atoms with Crippen LogP contribution in [-0.4, -0.2) is 45.1 Å². The number of sulfone groups is 1. The maximum atomic E-state index is 12.8. The average molecular weight is 460 g/mol. The molecule has 1 aliphatic rings. The molecule has 0 fully saturated rings. The molecule has 0 spiro atoms. The second-order valence-electron chi connectivity index (χ2n) is 6.10. The molecule has 0 aromatic heterocycles. The number of nitrogens with one attached hydrogen (secondary N) is 1. The normalized spacial score (nSPS) is 14.3. The molecule has 1 N–H and O–H groups in total. The molecular weight excluding hydrogens is 445 g/mol. The van der Waals surface area contributed by atoms with Crippen LogP contribution < -0.4 is 15.0 Å². The number of carbonyl (C=O) groups excluding carboxylic acids is 2. The molecule has 30 heavy (non-hydrogen) atoms. The van der Waals surface area contributed by atoms with Gasteiger partial charge in [0.2, 0.25) is 11.8 Å². The summed E-state index contributed by atoms with van der Waals surface area (Å²) >= 11 is 1.33. The molecule has 12 heteroatoms. The van der Waals surface area contributed by atoms with Gasteiger partial charge in [-0.05, 0) is 30.3 Å². The number of thioether (sulfide) groups is 1. The number of amides is 2. The van der Waals surface area contributed by atoms with Crippen LogP contribution in [-0.2, 0) is 19.4 Å². The summed E-state index contributed by atoms with van der Waals surface area (Å²) in [4.78, 5) is 25.8. The molecule has 7 nitrogen and oxygen atoms in total. The first-order valence-corrected chi connectivity index (χ1v) is 10.8. The van der Waals surface area contributed by atoms with Crippen LogP contribution >= 0.6 is 11.8 Å². The lowest BCUT2D eigenvalue weighted by Gasteiger charge is -2.28. The van der Waals surface area contributed by atoms with Crippen molar-refractivity contribution < 1.29 is 35.9 Å². The zero-order valence-corrected chi connectivity index (χ0v) is 17.0. The first-order chi connectivity index (χ1) is 14.0. The number of methoxy groups -OCH3 is 1. The SMILES string of the molecule is COc1ccc(S(=O)(=O)C(F)(F)F)cc1NC(=O)CN1C(=O)CSc2ccccc21. The molecular formula is C18H15F3N2O5S2. The van der Waals surface area contributed by atoms with Gasteiger partial charge in [-0.15, -0.1) is 11.8 Å². The van der Waals surface area contributed by atoms with Gasteiger partial charge in [0.1, 0.15) is 12.3 Å². The Kier molecular flexibility index (Phi) is 5.99. The predicted molar refractivity (Wildman–Crippen MR) is 104 cm³/mol. The third kappa shape index (κ3) is 4.24. The fourth-order valence-corrected chi connectivity index (χ4v) is 4.47. The van der Waals surface area contributed by atoms with Crippen LogP contribution in [0.1, 0.15) is 0 Å². The average Bonchev–Trinajstić information content (AvgIpc) is 2.69. The van der Waals surface area contributed by atoms with Crippen LogP contribution in [0.15, 0.2) is 52.3 Å². The summed E-state index contributed by atoms with van der Waals surface area (Å²) in [6.07, 6.45) is 0. The van der Waals surface area contributed by atoms with Crippen LogP contribution in [0.2, 0.25) is 0 Å². The smallest absolute Gasteiger partial charge is 0.495 e. The van der Waals surface area contributed by atoms with E-state index in [1.807, 2.05) is 0 Å². The van der Waals surface area contributed by atoms with Gasteiger partial charge in [-0.2, -0.15) is 13.2 Å². The molecule has 2 aromatic carbocycles. The number of ether oxygens (including phenoxy) is 1. The van der Waals surface area contributed by atoms with Crippen molar-refractivity contribution in [1.82, 2.24) is 0 Å². The van der Waals surface area contributed by atoms with Crippen molar-refractivity contribution in [3.63, 3.8) is 0 Å². The molecule has 0 unspecified atom stereocenters. The second kappa shape index (κ2) is 8.19. The monoisotopic (exact) mass is 460 g/mol. The number of para-hydroxylation sites is 1. The van der Waals surface area contributed by atoms with E-state index >= 15 is 0 Å². The van der Waals surface area contributed by atoms with Gasteiger partial charge in [0.15, 0.2) is 0 Å². The second-order valence-corrected chi connectivity index (χ2v) is 9.05. The molecule has 1 aliphatic heterocycles. The van der Waals surface area contributed by atoms with Gasteiger partial charge < -0.3 is 15.0 Å². The Bertz CT molecular complexity index is 1100. The standard InChI is InChI=1S/C18H15F3N2O5S2/c1-28-14-7-6-11(30(26,27)18(19,20)21)8-12(14)22-16(24)9-23-13-4-2-3-5-15(13)29-10-17(23)25/h2-8H,9-10H2,1H3,(H,22,24). The van der Waals surface area contributed by atoms with E-state index in [0.29, 0.717) is 11.8 Å². The predicted octanol–water partition coefficient (Wildman–Crippen LogP) is 3.07. The fourth-order valence-electron chi connectivity index (χ4n) is 2.75. The number of anilines is 2. The summed E-state index contributed by atoms with van der Waals surface area (Å²) in [5.41, 5.74) is -5.22. The minimum atomic E-state index is -5.61. The van der Waals surface area contributed by atoms with Crippen molar-refractivity contribution in [2.24, 2.45) is 0 Å². The largest absolute Gasteiger partial charge is 0.501 e. The Labute approximate surface area is 174 Å². The van der Waals surface area contributed by atoms with Gasteiger partial charge in [-0.1, -0.05) is 12.1 Å². The molecule has 0 atom stereocenters. The van der Waals surface area contributed by atoms with Crippen molar-refractivity contribution in [3.8, 4) is 5.75 Å². The highest BCUT2D eigenvalue weighted by molar-refractivity contribution is 8.00. The van der Waals surface area contributed by atoms with Gasteiger partial charge in [0.25, 0.3) is 9.84 Å². The molecule has 3 rings (SSSR count). The Morgan fingerprint density at radius 2 is 1.93 bits per heavy atom. The van der Waals surface area contributed by atoms with E-state index in [4.69, 9.17) is 4.74 Å². The van der Waals surface area contributed by atoms with Gasteiger partial charge in [0, 0.05) is 4.90 Å². The van der Waals surface area contributed by atoms with E-state index in [-0.39, 0.29) is 23.1 Å². The van der Waals surface area contributed by atoms with Gasteiger partial charge >= 0.3 is 5.51 Å². The molecule has 0 aliphatic carbocycles. The third-order valence-corrected chi connectivity index (χ3v) is 6.70. The fraction of sp³-hybridized carbons (Fsp3) is 0.222. The summed E-state index contributed by atoms with van der Waals surface area (Å²) in [5.74, 6) is -0.947. The molecule has 160 valence electrons. The first-order valence-electron chi connectivity index (χ1n) is 8.36. The maximum Gasteiger partial charge on any atom is 0.501 e. The van der Waals surface area contributed by atoms with E-state index in [1.54, 1.807) is 24.3 Å². The lowest BCUT2D eigenvalue weighted by Crippen LogP contribution is -2.41. The van der Waals surface area contributed by atoms with E-state index in [1.165, 1.54) is 23.8 Å². The van der Waals surface area contributed by atoms with Crippen molar-refractivity contribution in [3.05, 3.63) is 42.5 Å². The topological polar surface area (TPSA) is 92.8 Å². The van der Waals surface area contributed by atoms with Crippen molar-refractivity contribution in [2.45, 2.75) is 15.3 Å². The van der Waals surface area contributed by atoms with E-state index in [9.17, 15) is 31.2 Å². The van der Waals surface area contributed by atoms with E-state index in [0.717, 1.165) is 17.0 Å². The number of benzene rings is 2. The van der Waals surface area contributed by atoms with Crippen LogP contribution in [0.5, 0.6) is 5.75 Å². The van der Waals surface area contributed by atoms with E-state index in [2.05, 4.69) is 5.32 Å². The van der Waals surface area contributed by atoms with Crippen LogP contribution in [0, 0.1) is 0 Å². The Balaban J connectivity index is 1.87. The van der Waals surface area contributed by atoms with Crippen LogP contribution in [0.25, 0.3) is 0 Å². The highest BCUT2D eigenvalue weighted by Gasteiger charge is 2.47. The zero-order valence-electron chi connectivity index (χ0n) is 15.4. The molecule has 0 bridgehead atoms. The summed E-state index contributed by atoms with van der Waals surface area (Å²) in [6, 6.07) is 9.37. The lowest BCUT2D eigenvalue weighted by molar-refractivity contribution is -0.120. The summed E-state index contributed by atoms with van der Waals surface area (Å²) in [7, 11) is -4.40. The Morgan fingerprint density at radius 1 is 1.23 bits per heavy atom. The number of hydrogen-bond donors (Lipinski definition) is 1. The van der Waals surface area contributed by atoms with Gasteiger partial charge in [0.05, 0.1) is 29.1 Å². The number of fused-ring (bicyclic) bond motifs is 1. The number of rotatable bonds is 5. The van der Waals surface area contributed by atoms with Gasteiger partial charge in [-0.25, -0.2) is 8.42 Å². The molecule has 2 amide bonds. The summed E-state index contributed by atoms with van der Waals surface area (Å²) < 4.78 is 66.8. The van der Waals surface area contributed by atoms with Crippen molar-refractivity contribution in [2.75, 3.05) is 29.6 Å². The lowest BCUT2D eigenvalue weighted by atomic mass is 10.2. The first kappa shape index (κ1) is 22.0. The quantitative estimate of drug-likeness (QED) is 0.737. The van der Waals surface area contributed by atoms with Crippen molar-refractivity contribution >= 4 is 44.8 Å². The minimum absolute atomic E-state index is 0.0367. The molecule has 1 heterocycles. The summed E-state index contributed by atoms with van der Waals surface area (Å²) in [6.45, 7) is -0.407.